The number of benzene rings is 1. The SMILES string of the molecule is COc1cccc(C(C)(CC(=O)O)NC(=O)c2cc(C3CC3)no2)c1. The van der Waals surface area contributed by atoms with Gasteiger partial charge in [-0.25, -0.2) is 0 Å². The molecule has 3 rings (SSSR count). The summed E-state index contributed by atoms with van der Waals surface area (Å²) in [5, 5.41) is 16.0. The van der Waals surface area contributed by atoms with Crippen LogP contribution in [0.4, 0.5) is 0 Å². The van der Waals surface area contributed by atoms with Crippen LogP contribution < -0.4 is 10.1 Å². The molecule has 1 unspecified atom stereocenters. The van der Waals surface area contributed by atoms with E-state index in [-0.39, 0.29) is 12.2 Å². The lowest BCUT2D eigenvalue weighted by Crippen LogP contribution is -2.45. The van der Waals surface area contributed by atoms with Crippen LogP contribution in [0.2, 0.25) is 0 Å². The van der Waals surface area contributed by atoms with Gasteiger partial charge < -0.3 is 19.7 Å². The van der Waals surface area contributed by atoms with Crippen molar-refractivity contribution in [3.05, 3.63) is 47.3 Å². The lowest BCUT2D eigenvalue weighted by atomic mass is 9.88. The van der Waals surface area contributed by atoms with Crippen molar-refractivity contribution in [1.82, 2.24) is 10.5 Å². The summed E-state index contributed by atoms with van der Waals surface area (Å²) < 4.78 is 10.3. The maximum atomic E-state index is 12.6. The van der Waals surface area contributed by atoms with Crippen LogP contribution in [0.15, 0.2) is 34.9 Å². The average molecular weight is 344 g/mol. The van der Waals surface area contributed by atoms with Crippen molar-refractivity contribution in [2.24, 2.45) is 0 Å². The van der Waals surface area contributed by atoms with Crippen molar-refractivity contribution in [3.8, 4) is 5.75 Å². The van der Waals surface area contributed by atoms with Crippen LogP contribution in [0.25, 0.3) is 0 Å². The van der Waals surface area contributed by atoms with Crippen LogP contribution in [0.1, 0.15) is 53.9 Å². The Morgan fingerprint density at radius 3 is 2.80 bits per heavy atom. The van der Waals surface area contributed by atoms with Crippen LogP contribution in [0.3, 0.4) is 0 Å². The molecule has 2 aromatic rings. The first kappa shape index (κ1) is 17.0. The smallest absolute Gasteiger partial charge is 0.306 e. The first-order chi connectivity index (χ1) is 11.9. The molecule has 7 nitrogen and oxygen atoms in total. The Morgan fingerprint density at radius 2 is 2.16 bits per heavy atom. The van der Waals surface area contributed by atoms with Crippen LogP contribution in [-0.4, -0.2) is 29.2 Å². The molecule has 1 saturated carbocycles. The van der Waals surface area contributed by atoms with Gasteiger partial charge in [0.1, 0.15) is 5.75 Å². The molecule has 1 fully saturated rings. The third kappa shape index (κ3) is 3.81. The van der Waals surface area contributed by atoms with E-state index in [1.165, 1.54) is 7.11 Å². The Morgan fingerprint density at radius 1 is 1.40 bits per heavy atom. The minimum Gasteiger partial charge on any atom is -0.497 e. The van der Waals surface area contributed by atoms with Gasteiger partial charge in [0.2, 0.25) is 5.76 Å². The van der Waals surface area contributed by atoms with Crippen molar-refractivity contribution >= 4 is 11.9 Å². The number of nitrogens with zero attached hydrogens (tertiary/aromatic N) is 1. The van der Waals surface area contributed by atoms with Crippen molar-refractivity contribution in [2.75, 3.05) is 7.11 Å². The topological polar surface area (TPSA) is 102 Å². The minimum absolute atomic E-state index is 0.0846. The van der Waals surface area contributed by atoms with E-state index in [1.807, 2.05) is 0 Å². The molecule has 1 atom stereocenters. The fraction of sp³-hybridized carbons (Fsp3) is 0.389. The monoisotopic (exact) mass is 344 g/mol. The molecule has 1 aliphatic carbocycles. The predicted octanol–water partition coefficient (Wildman–Crippen LogP) is 2.68. The zero-order valence-electron chi connectivity index (χ0n) is 14.1. The number of methoxy groups -OCH3 is 1. The second kappa shape index (κ2) is 6.58. The summed E-state index contributed by atoms with van der Waals surface area (Å²) in [6.07, 6.45) is 1.82. The standard InChI is InChI=1S/C18H20N2O5/c1-18(10-16(21)22,12-4-3-5-13(8-12)24-2)19-17(23)15-9-14(20-25-15)11-6-7-11/h3-5,8-9,11H,6-7,10H2,1-2H3,(H,19,23)(H,21,22). The van der Waals surface area contributed by atoms with Crippen LogP contribution in [0, 0.1) is 0 Å². The summed E-state index contributed by atoms with van der Waals surface area (Å²) in [5.74, 6) is -0.484. The Hall–Kier alpha value is -2.83. The Labute approximate surface area is 145 Å². The molecule has 1 heterocycles. The number of carbonyl (C=O) groups is 2. The van der Waals surface area contributed by atoms with E-state index in [9.17, 15) is 14.7 Å². The first-order valence-electron chi connectivity index (χ1n) is 8.07. The number of carboxylic acid groups (broad SMARTS) is 1. The molecule has 1 aromatic heterocycles. The third-order valence-corrected chi connectivity index (χ3v) is 4.35. The summed E-state index contributed by atoms with van der Waals surface area (Å²) in [6.45, 7) is 1.66. The van der Waals surface area contributed by atoms with Gasteiger partial charge in [0, 0.05) is 12.0 Å². The summed E-state index contributed by atoms with van der Waals surface area (Å²) >= 11 is 0. The van der Waals surface area contributed by atoms with Gasteiger partial charge in [-0.05, 0) is 37.5 Å². The number of nitrogens with one attached hydrogen (secondary N) is 1. The summed E-state index contributed by atoms with van der Waals surface area (Å²) in [5.41, 5.74) is 0.278. The van der Waals surface area contributed by atoms with Gasteiger partial charge in [-0.3, -0.25) is 9.59 Å². The first-order valence-corrected chi connectivity index (χ1v) is 8.07. The zero-order chi connectivity index (χ0) is 18.0. The zero-order valence-corrected chi connectivity index (χ0v) is 14.1. The van der Waals surface area contributed by atoms with Gasteiger partial charge in [0.25, 0.3) is 5.91 Å². The molecular formula is C18H20N2O5. The van der Waals surface area contributed by atoms with Crippen LogP contribution >= 0.6 is 0 Å². The molecule has 0 radical (unpaired) electrons. The number of hydrogen-bond acceptors (Lipinski definition) is 5. The van der Waals surface area contributed by atoms with E-state index in [2.05, 4.69) is 10.5 Å². The fourth-order valence-corrected chi connectivity index (χ4v) is 2.77. The number of rotatable bonds is 7. The van der Waals surface area contributed by atoms with Gasteiger partial charge in [0.05, 0.1) is 24.8 Å². The van der Waals surface area contributed by atoms with E-state index in [4.69, 9.17) is 9.26 Å². The third-order valence-electron chi connectivity index (χ3n) is 4.35. The molecule has 7 heteroatoms. The lowest BCUT2D eigenvalue weighted by molar-refractivity contribution is -0.138. The highest BCUT2D eigenvalue weighted by Crippen LogP contribution is 2.39. The van der Waals surface area contributed by atoms with Gasteiger partial charge in [-0.15, -0.1) is 0 Å². The van der Waals surface area contributed by atoms with E-state index in [0.717, 1.165) is 18.5 Å². The van der Waals surface area contributed by atoms with E-state index < -0.39 is 17.4 Å². The molecule has 0 saturated heterocycles. The maximum absolute atomic E-state index is 12.6. The van der Waals surface area contributed by atoms with E-state index >= 15 is 0 Å². The number of aromatic nitrogens is 1. The number of hydrogen-bond donors (Lipinski definition) is 2. The van der Waals surface area contributed by atoms with E-state index in [1.54, 1.807) is 37.3 Å². The molecule has 2 N–H and O–H groups in total. The van der Waals surface area contributed by atoms with Crippen LogP contribution in [-0.2, 0) is 10.3 Å². The summed E-state index contributed by atoms with van der Waals surface area (Å²) in [6, 6.07) is 8.59. The molecule has 1 amide bonds. The van der Waals surface area contributed by atoms with Crippen molar-refractivity contribution < 1.29 is 24.0 Å². The Bertz CT molecular complexity index is 796. The Balaban J connectivity index is 1.85. The molecule has 132 valence electrons. The summed E-state index contributed by atoms with van der Waals surface area (Å²) in [4.78, 5) is 23.9. The van der Waals surface area contributed by atoms with Gasteiger partial charge >= 0.3 is 5.97 Å². The van der Waals surface area contributed by atoms with Crippen molar-refractivity contribution in [1.29, 1.82) is 0 Å². The number of carboxylic acids is 1. The van der Waals surface area contributed by atoms with Gasteiger partial charge in [-0.2, -0.15) is 0 Å². The highest BCUT2D eigenvalue weighted by molar-refractivity contribution is 5.92. The van der Waals surface area contributed by atoms with Crippen molar-refractivity contribution in [2.45, 2.75) is 37.6 Å². The average Bonchev–Trinajstić information content (AvgIpc) is 3.31. The number of aliphatic carboxylic acids is 1. The molecular weight excluding hydrogens is 324 g/mol. The quantitative estimate of drug-likeness (QED) is 0.801. The minimum atomic E-state index is -1.12. The normalized spacial score (nSPS) is 16.1. The van der Waals surface area contributed by atoms with Gasteiger partial charge in [0.15, 0.2) is 0 Å². The molecule has 0 spiro atoms. The lowest BCUT2D eigenvalue weighted by Gasteiger charge is -2.29. The number of amides is 1. The largest absolute Gasteiger partial charge is 0.497 e. The molecule has 25 heavy (non-hydrogen) atoms. The van der Waals surface area contributed by atoms with E-state index in [0.29, 0.717) is 17.2 Å². The predicted molar refractivity (Wildman–Crippen MR) is 88.5 cm³/mol. The molecule has 1 aliphatic rings. The highest BCUT2D eigenvalue weighted by Gasteiger charge is 2.34. The summed E-state index contributed by atoms with van der Waals surface area (Å²) in [7, 11) is 1.53. The Kier molecular flexibility index (Phi) is 4.48. The number of ether oxygens (including phenoxy) is 1. The molecule has 0 bridgehead atoms. The number of carbonyl (C=O) groups excluding carboxylic acids is 1. The molecule has 0 aliphatic heterocycles. The second-order valence-corrected chi connectivity index (χ2v) is 6.48. The fourth-order valence-electron chi connectivity index (χ4n) is 2.77. The van der Waals surface area contributed by atoms with Gasteiger partial charge in [-0.1, -0.05) is 17.3 Å². The van der Waals surface area contributed by atoms with Crippen LogP contribution in [0.5, 0.6) is 5.75 Å². The second-order valence-electron chi connectivity index (χ2n) is 6.48. The maximum Gasteiger partial charge on any atom is 0.306 e. The molecule has 1 aromatic carbocycles. The van der Waals surface area contributed by atoms with Crippen molar-refractivity contribution in [3.63, 3.8) is 0 Å². The highest BCUT2D eigenvalue weighted by atomic mass is 16.5.